The largest absolute Gasteiger partial charge is 0.310 e. The fraction of sp³-hybridized carbons (Fsp3) is 1.00. The van der Waals surface area contributed by atoms with Crippen LogP contribution in [-0.2, 0) is 0 Å². The highest BCUT2D eigenvalue weighted by atomic mass is 15.1. The first kappa shape index (κ1) is 14.0. The molecule has 96 valence electrons. The summed E-state index contributed by atoms with van der Waals surface area (Å²) in [6.45, 7) is 8.13. The van der Waals surface area contributed by atoms with Gasteiger partial charge in [0.25, 0.3) is 0 Å². The lowest BCUT2D eigenvalue weighted by atomic mass is 10.0. The molecule has 1 aliphatic carbocycles. The SMILES string of the molecule is CCC(NC(CC(C)C)CN(C)C)C1CC1. The summed E-state index contributed by atoms with van der Waals surface area (Å²) >= 11 is 0. The summed E-state index contributed by atoms with van der Waals surface area (Å²) in [6, 6.07) is 1.43. The second-order valence-corrected chi connectivity index (χ2v) is 6.11. The molecule has 0 heterocycles. The molecular formula is C14H30N2. The minimum Gasteiger partial charge on any atom is -0.310 e. The second kappa shape index (κ2) is 6.61. The van der Waals surface area contributed by atoms with E-state index in [1.54, 1.807) is 0 Å². The molecule has 2 atom stereocenters. The molecule has 0 aliphatic heterocycles. The van der Waals surface area contributed by atoms with Crippen molar-refractivity contribution in [3.05, 3.63) is 0 Å². The Morgan fingerprint density at radius 2 is 1.88 bits per heavy atom. The number of hydrogen-bond donors (Lipinski definition) is 1. The summed E-state index contributed by atoms with van der Waals surface area (Å²) in [5.74, 6) is 1.76. The standard InChI is InChI=1S/C14H30N2/c1-6-14(12-7-8-12)15-13(9-11(2)3)10-16(4)5/h11-15H,6-10H2,1-5H3. The van der Waals surface area contributed by atoms with Gasteiger partial charge in [-0.05, 0) is 51.6 Å². The third-order valence-corrected chi connectivity index (χ3v) is 3.42. The summed E-state index contributed by atoms with van der Waals surface area (Å²) in [7, 11) is 4.35. The van der Waals surface area contributed by atoms with E-state index >= 15 is 0 Å². The zero-order valence-electron chi connectivity index (χ0n) is 11.8. The van der Waals surface area contributed by atoms with Gasteiger partial charge in [-0.1, -0.05) is 20.8 Å². The van der Waals surface area contributed by atoms with Gasteiger partial charge in [0.1, 0.15) is 0 Å². The molecule has 16 heavy (non-hydrogen) atoms. The normalized spacial score (nSPS) is 20.4. The van der Waals surface area contributed by atoms with Crippen molar-refractivity contribution < 1.29 is 0 Å². The van der Waals surface area contributed by atoms with Crippen LogP contribution in [0.1, 0.15) is 46.5 Å². The fourth-order valence-corrected chi connectivity index (χ4v) is 2.59. The Morgan fingerprint density at radius 3 is 2.25 bits per heavy atom. The van der Waals surface area contributed by atoms with Gasteiger partial charge in [0.15, 0.2) is 0 Å². The molecule has 0 saturated heterocycles. The third-order valence-electron chi connectivity index (χ3n) is 3.42. The molecule has 0 bridgehead atoms. The summed E-state index contributed by atoms with van der Waals surface area (Å²) in [5, 5.41) is 3.89. The number of nitrogens with zero attached hydrogens (tertiary/aromatic N) is 1. The van der Waals surface area contributed by atoms with Crippen LogP contribution in [0.5, 0.6) is 0 Å². The van der Waals surface area contributed by atoms with Crippen LogP contribution >= 0.6 is 0 Å². The maximum atomic E-state index is 3.89. The van der Waals surface area contributed by atoms with Crippen LogP contribution in [-0.4, -0.2) is 37.6 Å². The fourth-order valence-electron chi connectivity index (χ4n) is 2.59. The van der Waals surface area contributed by atoms with Gasteiger partial charge in [0.05, 0.1) is 0 Å². The summed E-state index contributed by atoms with van der Waals surface area (Å²) < 4.78 is 0. The van der Waals surface area contributed by atoms with Gasteiger partial charge < -0.3 is 10.2 Å². The molecule has 0 spiro atoms. The molecule has 2 unspecified atom stereocenters. The van der Waals surface area contributed by atoms with Crippen LogP contribution in [0.2, 0.25) is 0 Å². The number of likely N-dealkylation sites (N-methyl/N-ethyl adjacent to an activating group) is 1. The van der Waals surface area contributed by atoms with Crippen molar-refractivity contribution >= 4 is 0 Å². The van der Waals surface area contributed by atoms with Gasteiger partial charge in [0.2, 0.25) is 0 Å². The molecule has 1 rings (SSSR count). The second-order valence-electron chi connectivity index (χ2n) is 6.11. The molecule has 0 aromatic heterocycles. The summed E-state index contributed by atoms with van der Waals surface area (Å²) in [6.07, 6.45) is 5.47. The Labute approximate surface area is 102 Å². The lowest BCUT2D eigenvalue weighted by Crippen LogP contribution is -2.45. The predicted molar refractivity (Wildman–Crippen MR) is 71.7 cm³/mol. The molecule has 1 fully saturated rings. The van der Waals surface area contributed by atoms with Gasteiger partial charge in [0, 0.05) is 18.6 Å². The zero-order chi connectivity index (χ0) is 12.1. The number of nitrogens with one attached hydrogen (secondary N) is 1. The maximum Gasteiger partial charge on any atom is 0.0199 e. The van der Waals surface area contributed by atoms with Crippen molar-refractivity contribution in [2.45, 2.75) is 58.5 Å². The van der Waals surface area contributed by atoms with E-state index in [9.17, 15) is 0 Å². The highest BCUT2D eigenvalue weighted by molar-refractivity contribution is 4.88. The smallest absolute Gasteiger partial charge is 0.0199 e. The van der Waals surface area contributed by atoms with E-state index < -0.39 is 0 Å². The van der Waals surface area contributed by atoms with E-state index in [2.05, 4.69) is 45.1 Å². The van der Waals surface area contributed by atoms with E-state index in [4.69, 9.17) is 0 Å². The first-order chi connectivity index (χ1) is 7.52. The Morgan fingerprint density at radius 1 is 1.25 bits per heavy atom. The highest BCUT2D eigenvalue weighted by Crippen LogP contribution is 2.34. The quantitative estimate of drug-likeness (QED) is 0.684. The van der Waals surface area contributed by atoms with Gasteiger partial charge in [-0.2, -0.15) is 0 Å². The zero-order valence-corrected chi connectivity index (χ0v) is 11.8. The van der Waals surface area contributed by atoms with Crippen LogP contribution in [0.4, 0.5) is 0 Å². The Hall–Kier alpha value is -0.0800. The average molecular weight is 226 g/mol. The van der Waals surface area contributed by atoms with E-state index in [-0.39, 0.29) is 0 Å². The van der Waals surface area contributed by atoms with Crippen molar-refractivity contribution in [2.75, 3.05) is 20.6 Å². The monoisotopic (exact) mass is 226 g/mol. The average Bonchev–Trinajstić information content (AvgIpc) is 2.94. The maximum absolute atomic E-state index is 3.89. The Balaban J connectivity index is 2.40. The Kier molecular flexibility index (Phi) is 5.77. The topological polar surface area (TPSA) is 15.3 Å². The summed E-state index contributed by atoms with van der Waals surface area (Å²) in [5.41, 5.74) is 0. The van der Waals surface area contributed by atoms with E-state index in [0.29, 0.717) is 6.04 Å². The van der Waals surface area contributed by atoms with Gasteiger partial charge in [-0.15, -0.1) is 0 Å². The molecular weight excluding hydrogens is 196 g/mol. The minimum atomic E-state index is 0.667. The molecule has 0 aromatic carbocycles. The molecule has 2 heteroatoms. The third kappa shape index (κ3) is 5.31. The molecule has 0 aromatic rings. The summed E-state index contributed by atoms with van der Waals surface area (Å²) in [4.78, 5) is 2.31. The Bertz CT molecular complexity index is 175. The molecule has 1 saturated carbocycles. The highest BCUT2D eigenvalue weighted by Gasteiger charge is 2.31. The van der Waals surface area contributed by atoms with Crippen molar-refractivity contribution in [1.82, 2.24) is 10.2 Å². The van der Waals surface area contributed by atoms with E-state index in [1.807, 2.05) is 0 Å². The van der Waals surface area contributed by atoms with Crippen molar-refractivity contribution in [2.24, 2.45) is 11.8 Å². The predicted octanol–water partition coefficient (Wildman–Crippen LogP) is 2.74. The number of rotatable bonds is 8. The van der Waals surface area contributed by atoms with Crippen LogP contribution < -0.4 is 5.32 Å². The molecule has 0 radical (unpaired) electrons. The van der Waals surface area contributed by atoms with Gasteiger partial charge >= 0.3 is 0 Å². The first-order valence-corrected chi connectivity index (χ1v) is 6.93. The lowest BCUT2D eigenvalue weighted by Gasteiger charge is -2.28. The van der Waals surface area contributed by atoms with Gasteiger partial charge in [-0.3, -0.25) is 0 Å². The van der Waals surface area contributed by atoms with Crippen LogP contribution in [0.3, 0.4) is 0 Å². The van der Waals surface area contributed by atoms with Crippen LogP contribution in [0, 0.1) is 11.8 Å². The van der Waals surface area contributed by atoms with Crippen molar-refractivity contribution in [3.8, 4) is 0 Å². The molecule has 2 nitrogen and oxygen atoms in total. The number of hydrogen-bond acceptors (Lipinski definition) is 2. The molecule has 1 aliphatic rings. The van der Waals surface area contributed by atoms with Crippen LogP contribution in [0.25, 0.3) is 0 Å². The lowest BCUT2D eigenvalue weighted by molar-refractivity contribution is 0.273. The van der Waals surface area contributed by atoms with Crippen LogP contribution in [0.15, 0.2) is 0 Å². The van der Waals surface area contributed by atoms with E-state index in [1.165, 1.54) is 32.2 Å². The van der Waals surface area contributed by atoms with Crippen molar-refractivity contribution in [1.29, 1.82) is 0 Å². The molecule has 1 N–H and O–H groups in total. The first-order valence-electron chi connectivity index (χ1n) is 6.93. The minimum absolute atomic E-state index is 0.667. The van der Waals surface area contributed by atoms with E-state index in [0.717, 1.165) is 17.9 Å². The van der Waals surface area contributed by atoms with Crippen molar-refractivity contribution in [3.63, 3.8) is 0 Å². The van der Waals surface area contributed by atoms with Gasteiger partial charge in [-0.25, -0.2) is 0 Å². The molecule has 0 amide bonds.